The van der Waals surface area contributed by atoms with Gasteiger partial charge in [0.05, 0.1) is 0 Å². The Morgan fingerprint density at radius 1 is 1.07 bits per heavy atom. The lowest BCUT2D eigenvalue weighted by Gasteiger charge is -2.12. The van der Waals surface area contributed by atoms with Gasteiger partial charge in [0, 0.05) is 47.0 Å². The van der Waals surface area contributed by atoms with Crippen LogP contribution in [-0.4, -0.2) is 22.7 Å². The number of hydrogen-bond donors (Lipinski definition) is 2. The number of pyridine rings is 1. The number of nitrogens with one attached hydrogen (secondary N) is 1. The molecule has 3 N–H and O–H groups in total. The van der Waals surface area contributed by atoms with Crippen LogP contribution in [0.5, 0.6) is 0 Å². The number of anilines is 1. The van der Waals surface area contributed by atoms with Crippen LogP contribution >= 0.6 is 11.6 Å². The van der Waals surface area contributed by atoms with Crippen molar-refractivity contribution in [2.45, 2.75) is 12.5 Å². The van der Waals surface area contributed by atoms with Crippen molar-refractivity contribution in [1.29, 1.82) is 0 Å². The van der Waals surface area contributed by atoms with E-state index in [1.807, 2.05) is 54.7 Å². The second-order valence-corrected chi connectivity index (χ2v) is 6.93. The van der Waals surface area contributed by atoms with E-state index in [9.17, 15) is 0 Å². The first-order chi connectivity index (χ1) is 13.2. The minimum Gasteiger partial charge on any atom is -0.366 e. The highest BCUT2D eigenvalue weighted by Crippen LogP contribution is 2.26. The second-order valence-electron chi connectivity index (χ2n) is 6.49. The maximum Gasteiger partial charge on any atom is 0.170 e. The first-order valence-corrected chi connectivity index (χ1v) is 9.10. The minimum atomic E-state index is -0.0585. The van der Waals surface area contributed by atoms with Gasteiger partial charge in [0.25, 0.3) is 0 Å². The largest absolute Gasteiger partial charge is 0.366 e. The quantitative estimate of drug-likeness (QED) is 0.515. The summed E-state index contributed by atoms with van der Waals surface area (Å²) in [5.74, 6) is 1.38. The van der Waals surface area contributed by atoms with E-state index in [0.29, 0.717) is 18.1 Å². The molecule has 27 heavy (non-hydrogen) atoms. The van der Waals surface area contributed by atoms with Crippen molar-refractivity contribution in [1.82, 2.24) is 10.1 Å². The molecule has 4 aromatic rings. The number of nitrogens with two attached hydrogens (primary N) is 1. The molecule has 0 unspecified atom stereocenters. The molecule has 136 valence electrons. The summed E-state index contributed by atoms with van der Waals surface area (Å²) in [6, 6.07) is 17.6. The summed E-state index contributed by atoms with van der Waals surface area (Å²) in [6.07, 6.45) is 4.35. The van der Waals surface area contributed by atoms with Gasteiger partial charge in [0.1, 0.15) is 0 Å². The van der Waals surface area contributed by atoms with Crippen LogP contribution < -0.4 is 11.1 Å². The van der Waals surface area contributed by atoms with Crippen molar-refractivity contribution in [3.8, 4) is 11.3 Å². The lowest BCUT2D eigenvalue weighted by Crippen LogP contribution is -2.31. The molecule has 0 bridgehead atoms. The van der Waals surface area contributed by atoms with Crippen molar-refractivity contribution in [3.05, 3.63) is 77.6 Å². The van der Waals surface area contributed by atoms with E-state index in [1.165, 1.54) is 0 Å². The standard InChI is InChI=1S/C21H19ClN4O/c22-18-3-1-2-14(8-18)9-19(23)13-25-21-11-20(27-26-21)16-4-5-17-12-24-7-6-15(17)10-16/h1-8,10-12,19H,9,13,23H2,(H,25,26)/t19-/m1/s1. The van der Waals surface area contributed by atoms with Crippen LogP contribution in [0.4, 0.5) is 5.82 Å². The van der Waals surface area contributed by atoms with Gasteiger partial charge in [-0.25, -0.2) is 0 Å². The third-order valence-electron chi connectivity index (χ3n) is 4.37. The number of nitrogens with zero attached hydrogens (tertiary/aromatic N) is 2. The van der Waals surface area contributed by atoms with Crippen LogP contribution in [0, 0.1) is 0 Å². The minimum absolute atomic E-state index is 0.0585. The fraction of sp³-hybridized carbons (Fsp3) is 0.143. The average molecular weight is 379 g/mol. The van der Waals surface area contributed by atoms with Crippen molar-refractivity contribution >= 4 is 28.2 Å². The molecule has 0 spiro atoms. The summed E-state index contributed by atoms with van der Waals surface area (Å²) in [5.41, 5.74) is 8.30. The molecule has 2 aromatic carbocycles. The number of aromatic nitrogens is 2. The number of rotatable bonds is 6. The van der Waals surface area contributed by atoms with E-state index < -0.39 is 0 Å². The molecule has 0 fully saturated rings. The highest BCUT2D eigenvalue weighted by atomic mass is 35.5. The van der Waals surface area contributed by atoms with E-state index in [1.54, 1.807) is 6.20 Å². The SMILES string of the molecule is N[C@@H](CNc1cc(-c2ccc3cnccc3c2)on1)Cc1cccc(Cl)c1. The number of fused-ring (bicyclic) bond motifs is 1. The Morgan fingerprint density at radius 3 is 2.89 bits per heavy atom. The van der Waals surface area contributed by atoms with Crippen LogP contribution in [0.2, 0.25) is 5.02 Å². The van der Waals surface area contributed by atoms with Crippen LogP contribution in [0.1, 0.15) is 5.56 Å². The van der Waals surface area contributed by atoms with Gasteiger partial charge < -0.3 is 15.6 Å². The Morgan fingerprint density at radius 2 is 2.00 bits per heavy atom. The highest BCUT2D eigenvalue weighted by Gasteiger charge is 2.10. The third-order valence-corrected chi connectivity index (χ3v) is 4.60. The smallest absolute Gasteiger partial charge is 0.170 e. The van der Waals surface area contributed by atoms with Gasteiger partial charge in [0.2, 0.25) is 0 Å². The molecule has 1 atom stereocenters. The lowest BCUT2D eigenvalue weighted by atomic mass is 10.1. The normalized spacial score (nSPS) is 12.2. The molecule has 0 aliphatic carbocycles. The second kappa shape index (κ2) is 7.78. The summed E-state index contributed by atoms with van der Waals surface area (Å²) in [5, 5.41) is 10.2. The number of benzene rings is 2. The van der Waals surface area contributed by atoms with Gasteiger partial charge in [-0.15, -0.1) is 0 Å². The molecule has 0 radical (unpaired) electrons. The first-order valence-electron chi connectivity index (χ1n) is 8.72. The summed E-state index contributed by atoms with van der Waals surface area (Å²) in [7, 11) is 0. The zero-order valence-corrected chi connectivity index (χ0v) is 15.4. The summed E-state index contributed by atoms with van der Waals surface area (Å²) >= 11 is 6.02. The predicted molar refractivity (Wildman–Crippen MR) is 109 cm³/mol. The maximum absolute atomic E-state index is 6.21. The molecule has 2 aromatic heterocycles. The van der Waals surface area contributed by atoms with Gasteiger partial charge in [0.15, 0.2) is 11.6 Å². The predicted octanol–water partition coefficient (Wildman–Crippen LogP) is 4.53. The monoisotopic (exact) mass is 378 g/mol. The maximum atomic E-state index is 6.21. The molecule has 4 rings (SSSR count). The molecule has 0 amide bonds. The lowest BCUT2D eigenvalue weighted by molar-refractivity contribution is 0.434. The van der Waals surface area contributed by atoms with Crippen molar-refractivity contribution in [2.24, 2.45) is 5.73 Å². The topological polar surface area (TPSA) is 77.0 Å². The van der Waals surface area contributed by atoms with Crippen molar-refractivity contribution in [3.63, 3.8) is 0 Å². The third kappa shape index (κ3) is 4.27. The average Bonchev–Trinajstić information content (AvgIpc) is 3.15. The Hall–Kier alpha value is -2.89. The van der Waals surface area contributed by atoms with Crippen LogP contribution in [0.3, 0.4) is 0 Å². The molecule has 2 heterocycles. The molecule has 0 aliphatic rings. The van der Waals surface area contributed by atoms with Gasteiger partial charge in [-0.05, 0) is 41.6 Å². The van der Waals surface area contributed by atoms with Gasteiger partial charge in [-0.1, -0.05) is 41.0 Å². The zero-order valence-electron chi connectivity index (χ0n) is 14.6. The molecule has 6 heteroatoms. The van der Waals surface area contributed by atoms with E-state index in [4.69, 9.17) is 21.9 Å². The van der Waals surface area contributed by atoms with Gasteiger partial charge >= 0.3 is 0 Å². The Bertz CT molecular complexity index is 1060. The molecule has 5 nitrogen and oxygen atoms in total. The van der Waals surface area contributed by atoms with Crippen LogP contribution in [-0.2, 0) is 6.42 Å². The highest BCUT2D eigenvalue weighted by molar-refractivity contribution is 6.30. The Balaban J connectivity index is 1.40. The molecule has 0 saturated carbocycles. The molecular formula is C21H19ClN4O. The van der Waals surface area contributed by atoms with E-state index in [2.05, 4.69) is 21.5 Å². The van der Waals surface area contributed by atoms with E-state index in [-0.39, 0.29) is 6.04 Å². The number of hydrogen-bond acceptors (Lipinski definition) is 5. The summed E-state index contributed by atoms with van der Waals surface area (Å²) < 4.78 is 5.48. The van der Waals surface area contributed by atoms with E-state index >= 15 is 0 Å². The van der Waals surface area contributed by atoms with Crippen LogP contribution in [0.15, 0.2) is 71.5 Å². The van der Waals surface area contributed by atoms with Crippen LogP contribution in [0.25, 0.3) is 22.1 Å². The van der Waals surface area contributed by atoms with Gasteiger partial charge in [-0.3, -0.25) is 4.98 Å². The number of halogens is 1. The Kier molecular flexibility index (Phi) is 5.05. The zero-order chi connectivity index (χ0) is 18.6. The van der Waals surface area contributed by atoms with Gasteiger partial charge in [-0.2, -0.15) is 0 Å². The fourth-order valence-electron chi connectivity index (χ4n) is 3.01. The fourth-order valence-corrected chi connectivity index (χ4v) is 3.22. The van der Waals surface area contributed by atoms with Crippen molar-refractivity contribution < 1.29 is 4.52 Å². The Labute approximate surface area is 162 Å². The first kappa shape index (κ1) is 17.5. The molecular weight excluding hydrogens is 360 g/mol. The molecule has 0 aliphatic heterocycles. The summed E-state index contributed by atoms with van der Waals surface area (Å²) in [4.78, 5) is 4.13. The van der Waals surface area contributed by atoms with Crippen molar-refractivity contribution in [2.75, 3.05) is 11.9 Å². The van der Waals surface area contributed by atoms with E-state index in [0.717, 1.165) is 33.3 Å². The molecule has 0 saturated heterocycles. The summed E-state index contributed by atoms with van der Waals surface area (Å²) in [6.45, 7) is 0.585.